The van der Waals surface area contributed by atoms with E-state index in [4.69, 9.17) is 28.9 Å². The van der Waals surface area contributed by atoms with E-state index in [0.717, 1.165) is 50.2 Å². The Balaban J connectivity index is 1.60. The highest BCUT2D eigenvalue weighted by Gasteiger charge is 2.39. The predicted octanol–water partition coefficient (Wildman–Crippen LogP) is 4.41. The lowest BCUT2D eigenvalue weighted by atomic mass is 9.73. The Labute approximate surface area is 183 Å². The SMILES string of the molecule is NCCCC(=O)N1CCC(C2c3c(Cl)cc(Cl)cc3CCC3=CC=CNC32)CC1. The summed E-state index contributed by atoms with van der Waals surface area (Å²) in [7, 11) is 0. The van der Waals surface area contributed by atoms with Gasteiger partial charge in [-0.15, -0.1) is 0 Å². The quantitative estimate of drug-likeness (QED) is 0.738. The van der Waals surface area contributed by atoms with Gasteiger partial charge < -0.3 is 16.0 Å². The van der Waals surface area contributed by atoms with E-state index in [2.05, 4.69) is 23.5 Å². The van der Waals surface area contributed by atoms with Crippen molar-refractivity contribution in [1.29, 1.82) is 0 Å². The Hall–Kier alpha value is -1.49. The molecule has 2 heterocycles. The van der Waals surface area contributed by atoms with Gasteiger partial charge in [0.2, 0.25) is 5.91 Å². The molecule has 1 aromatic rings. The Morgan fingerprint density at radius 3 is 2.76 bits per heavy atom. The highest BCUT2D eigenvalue weighted by atomic mass is 35.5. The summed E-state index contributed by atoms with van der Waals surface area (Å²) in [5.41, 5.74) is 9.51. The van der Waals surface area contributed by atoms with Crippen LogP contribution in [0.15, 0.2) is 36.1 Å². The molecule has 2 atom stereocenters. The zero-order chi connectivity index (χ0) is 20.4. The van der Waals surface area contributed by atoms with Crippen LogP contribution in [0.2, 0.25) is 10.0 Å². The number of allylic oxidation sites excluding steroid dienone is 2. The number of nitrogens with zero attached hydrogens (tertiary/aromatic N) is 1. The highest BCUT2D eigenvalue weighted by Crippen LogP contribution is 2.46. The van der Waals surface area contributed by atoms with Gasteiger partial charge in [0.1, 0.15) is 0 Å². The van der Waals surface area contributed by atoms with Crippen molar-refractivity contribution in [2.75, 3.05) is 19.6 Å². The van der Waals surface area contributed by atoms with Crippen LogP contribution in [-0.2, 0) is 11.2 Å². The summed E-state index contributed by atoms with van der Waals surface area (Å²) in [6, 6.07) is 4.23. The van der Waals surface area contributed by atoms with E-state index in [1.807, 2.05) is 17.2 Å². The molecule has 1 aromatic carbocycles. The number of carbonyl (C=O) groups is 1. The second-order valence-electron chi connectivity index (χ2n) is 8.34. The second-order valence-corrected chi connectivity index (χ2v) is 9.19. The van der Waals surface area contributed by atoms with Crippen molar-refractivity contribution in [1.82, 2.24) is 10.2 Å². The van der Waals surface area contributed by atoms with Crippen LogP contribution in [0.3, 0.4) is 0 Å². The number of benzene rings is 1. The predicted molar refractivity (Wildman–Crippen MR) is 119 cm³/mol. The van der Waals surface area contributed by atoms with Gasteiger partial charge in [-0.2, -0.15) is 0 Å². The third kappa shape index (κ3) is 4.35. The van der Waals surface area contributed by atoms with Gasteiger partial charge in [0.25, 0.3) is 0 Å². The van der Waals surface area contributed by atoms with Gasteiger partial charge in [-0.25, -0.2) is 0 Å². The molecule has 0 saturated carbocycles. The molecule has 3 aliphatic rings. The van der Waals surface area contributed by atoms with Gasteiger partial charge in [-0.1, -0.05) is 29.3 Å². The van der Waals surface area contributed by atoms with Crippen molar-refractivity contribution in [3.05, 3.63) is 57.2 Å². The minimum atomic E-state index is 0.235. The summed E-state index contributed by atoms with van der Waals surface area (Å²) in [5.74, 6) is 0.991. The zero-order valence-corrected chi connectivity index (χ0v) is 18.2. The zero-order valence-electron chi connectivity index (χ0n) is 16.7. The number of aryl methyl sites for hydroxylation is 1. The fraction of sp³-hybridized carbons (Fsp3) is 0.522. The minimum absolute atomic E-state index is 0.235. The van der Waals surface area contributed by atoms with E-state index in [1.165, 1.54) is 16.7 Å². The molecular weight excluding hydrogens is 405 g/mol. The number of fused-ring (bicyclic) bond motifs is 2. The molecule has 0 spiro atoms. The molecular formula is C23H29Cl2N3O. The van der Waals surface area contributed by atoms with Crippen molar-refractivity contribution < 1.29 is 4.79 Å². The monoisotopic (exact) mass is 433 g/mol. The van der Waals surface area contributed by atoms with Crippen molar-refractivity contribution in [3.63, 3.8) is 0 Å². The summed E-state index contributed by atoms with van der Waals surface area (Å²) in [5, 5.41) is 5.10. The maximum absolute atomic E-state index is 12.4. The summed E-state index contributed by atoms with van der Waals surface area (Å²) in [6.45, 7) is 2.19. The van der Waals surface area contributed by atoms with E-state index in [9.17, 15) is 4.79 Å². The molecule has 156 valence electrons. The fourth-order valence-electron chi connectivity index (χ4n) is 5.21. The second kappa shape index (κ2) is 9.11. The molecule has 0 aromatic heterocycles. The number of likely N-dealkylation sites (tertiary alicyclic amines) is 1. The van der Waals surface area contributed by atoms with Gasteiger partial charge in [0.05, 0.1) is 6.04 Å². The average Bonchev–Trinajstić information content (AvgIpc) is 2.89. The van der Waals surface area contributed by atoms with Crippen LogP contribution in [0.5, 0.6) is 0 Å². The first-order valence-corrected chi connectivity index (χ1v) is 11.4. The van der Waals surface area contributed by atoms with E-state index in [1.54, 1.807) is 0 Å². The molecule has 2 aliphatic heterocycles. The van der Waals surface area contributed by atoms with Crippen molar-refractivity contribution in [2.45, 2.75) is 50.5 Å². The molecule has 0 radical (unpaired) electrons. The fourth-order valence-corrected chi connectivity index (χ4v) is 5.87. The summed E-state index contributed by atoms with van der Waals surface area (Å²) >= 11 is 13.1. The molecule has 6 heteroatoms. The molecule has 1 amide bonds. The van der Waals surface area contributed by atoms with Crippen LogP contribution in [0.4, 0.5) is 0 Å². The normalized spacial score (nSPS) is 24.2. The number of carbonyl (C=O) groups excluding carboxylic acids is 1. The summed E-state index contributed by atoms with van der Waals surface area (Å²) in [4.78, 5) is 14.4. The number of halogens is 2. The number of amides is 1. The molecule has 4 rings (SSSR count). The topological polar surface area (TPSA) is 58.4 Å². The minimum Gasteiger partial charge on any atom is -0.384 e. The van der Waals surface area contributed by atoms with Gasteiger partial charge in [-0.05, 0) is 85.7 Å². The van der Waals surface area contributed by atoms with Gasteiger partial charge in [-0.3, -0.25) is 4.79 Å². The summed E-state index contributed by atoms with van der Waals surface area (Å²) < 4.78 is 0. The average molecular weight is 434 g/mol. The van der Waals surface area contributed by atoms with Crippen LogP contribution in [0.1, 0.15) is 49.1 Å². The number of hydrogen-bond donors (Lipinski definition) is 2. The van der Waals surface area contributed by atoms with E-state index in [-0.39, 0.29) is 17.9 Å². The van der Waals surface area contributed by atoms with E-state index < -0.39 is 0 Å². The third-order valence-corrected chi connectivity index (χ3v) is 7.16. The molecule has 29 heavy (non-hydrogen) atoms. The Morgan fingerprint density at radius 2 is 2.00 bits per heavy atom. The highest BCUT2D eigenvalue weighted by molar-refractivity contribution is 6.35. The van der Waals surface area contributed by atoms with Crippen LogP contribution in [0, 0.1) is 5.92 Å². The van der Waals surface area contributed by atoms with E-state index >= 15 is 0 Å². The first-order valence-electron chi connectivity index (χ1n) is 10.7. The van der Waals surface area contributed by atoms with Gasteiger partial charge >= 0.3 is 0 Å². The van der Waals surface area contributed by atoms with Crippen molar-refractivity contribution >= 4 is 29.1 Å². The number of piperidine rings is 1. The van der Waals surface area contributed by atoms with Crippen LogP contribution < -0.4 is 11.1 Å². The van der Waals surface area contributed by atoms with Crippen LogP contribution in [-0.4, -0.2) is 36.5 Å². The molecule has 1 saturated heterocycles. The Morgan fingerprint density at radius 1 is 1.21 bits per heavy atom. The molecule has 3 N–H and O–H groups in total. The summed E-state index contributed by atoms with van der Waals surface area (Å²) in [6.07, 6.45) is 11.7. The molecule has 1 aliphatic carbocycles. The lowest BCUT2D eigenvalue weighted by Gasteiger charge is -2.41. The molecule has 1 fully saturated rings. The number of rotatable bonds is 4. The maximum Gasteiger partial charge on any atom is 0.222 e. The maximum atomic E-state index is 12.4. The molecule has 4 nitrogen and oxygen atoms in total. The van der Waals surface area contributed by atoms with Gasteiger partial charge in [0.15, 0.2) is 0 Å². The number of hydrogen-bond acceptors (Lipinski definition) is 3. The first kappa shape index (κ1) is 20.8. The van der Waals surface area contributed by atoms with Gasteiger partial charge in [0, 0.05) is 35.5 Å². The van der Waals surface area contributed by atoms with Crippen LogP contribution >= 0.6 is 23.2 Å². The lowest BCUT2D eigenvalue weighted by molar-refractivity contribution is -0.132. The number of nitrogens with one attached hydrogen (secondary N) is 1. The van der Waals surface area contributed by atoms with Crippen molar-refractivity contribution in [3.8, 4) is 0 Å². The van der Waals surface area contributed by atoms with Crippen LogP contribution in [0.25, 0.3) is 0 Å². The van der Waals surface area contributed by atoms with Crippen molar-refractivity contribution in [2.24, 2.45) is 11.7 Å². The number of nitrogens with two attached hydrogens (primary N) is 1. The largest absolute Gasteiger partial charge is 0.384 e. The van der Waals surface area contributed by atoms with E-state index in [0.29, 0.717) is 23.9 Å². The Kier molecular flexibility index (Phi) is 6.53. The standard InChI is InChI=1S/C23H29Cl2N3O/c24-18-13-17-6-5-16-3-2-10-27-23(16)22(21(17)19(25)14-18)15-7-11-28(12-8-15)20(29)4-1-9-26/h2-3,10,13-15,22-23,27H,1,4-9,11-12,26H2. The molecule has 2 unspecified atom stereocenters. The Bertz CT molecular complexity index is 828. The third-order valence-electron chi connectivity index (χ3n) is 6.63. The first-order chi connectivity index (χ1) is 14.1. The lowest BCUT2D eigenvalue weighted by Crippen LogP contribution is -2.44. The smallest absolute Gasteiger partial charge is 0.222 e. The number of dihydropyridines is 1. The molecule has 0 bridgehead atoms.